The van der Waals surface area contributed by atoms with E-state index >= 15 is 0 Å². The molecule has 0 radical (unpaired) electrons. The van der Waals surface area contributed by atoms with Gasteiger partial charge >= 0.3 is 0 Å². The van der Waals surface area contributed by atoms with Gasteiger partial charge in [-0.3, -0.25) is 0 Å². The Balaban J connectivity index is 1.66. The van der Waals surface area contributed by atoms with Gasteiger partial charge < -0.3 is 14.8 Å². The molecular weight excluding hydrogens is 338 g/mol. The van der Waals surface area contributed by atoms with Crippen molar-refractivity contribution < 1.29 is 9.47 Å². The zero-order chi connectivity index (χ0) is 18.3. The molecule has 0 aliphatic carbocycles. The molecule has 2 heterocycles. The molecule has 1 N–H and O–H groups in total. The third-order valence-electron chi connectivity index (χ3n) is 4.19. The third-order valence-corrected chi connectivity index (χ3v) is 4.19. The quantitative estimate of drug-likeness (QED) is 0.599. The molecule has 2 aromatic carbocycles. The fourth-order valence-corrected chi connectivity index (χ4v) is 2.89. The van der Waals surface area contributed by atoms with E-state index in [4.69, 9.17) is 9.47 Å². The Morgan fingerprint density at radius 3 is 2.37 bits per heavy atom. The lowest BCUT2D eigenvalue weighted by Crippen LogP contribution is -2.00. The van der Waals surface area contributed by atoms with Crippen molar-refractivity contribution in [1.29, 1.82) is 0 Å². The van der Waals surface area contributed by atoms with Crippen LogP contribution in [-0.2, 0) is 22.7 Å². The average Bonchev–Trinajstić information content (AvgIpc) is 2.70. The summed E-state index contributed by atoms with van der Waals surface area (Å²) in [6.07, 6.45) is 5.74. The summed E-state index contributed by atoms with van der Waals surface area (Å²) in [7, 11) is 0. The van der Waals surface area contributed by atoms with E-state index in [9.17, 15) is 0 Å². The first-order valence-electron chi connectivity index (χ1n) is 8.96. The highest BCUT2D eigenvalue weighted by Gasteiger charge is 2.05. The molecule has 4 rings (SSSR count). The maximum absolute atomic E-state index is 5.72. The van der Waals surface area contributed by atoms with E-state index in [-0.39, 0.29) is 0 Å². The third kappa shape index (κ3) is 4.78. The molecule has 0 fully saturated rings. The van der Waals surface area contributed by atoms with Crippen LogP contribution in [0.15, 0.2) is 72.9 Å². The van der Waals surface area contributed by atoms with Gasteiger partial charge in [0, 0.05) is 17.4 Å². The lowest BCUT2D eigenvalue weighted by atomic mass is 10.1. The molecule has 0 amide bonds. The summed E-state index contributed by atoms with van der Waals surface area (Å²) >= 11 is 0. The van der Waals surface area contributed by atoms with Gasteiger partial charge in [-0.25, -0.2) is 9.97 Å². The van der Waals surface area contributed by atoms with Crippen LogP contribution in [0.2, 0.25) is 0 Å². The van der Waals surface area contributed by atoms with Crippen molar-refractivity contribution in [3.8, 4) is 11.3 Å². The van der Waals surface area contributed by atoms with Gasteiger partial charge in [-0.05, 0) is 35.4 Å². The number of nitrogens with zero attached hydrogens (tertiary/aromatic N) is 2. The Morgan fingerprint density at radius 1 is 0.815 bits per heavy atom. The van der Waals surface area contributed by atoms with Gasteiger partial charge in [0.25, 0.3) is 0 Å². The maximum Gasteiger partial charge on any atom is 0.227 e. The Bertz CT molecular complexity index is 940. The van der Waals surface area contributed by atoms with Gasteiger partial charge in [0.2, 0.25) is 5.95 Å². The number of ether oxygens (including phenoxy) is 2. The van der Waals surface area contributed by atoms with Crippen molar-refractivity contribution >= 4 is 11.6 Å². The topological polar surface area (TPSA) is 56.3 Å². The second-order valence-corrected chi connectivity index (χ2v) is 6.29. The minimum atomic E-state index is 0.548. The standard InChI is InChI=1S/C22H21N3O2/c1-2-12-27-16-18-6-4-8-20(14-18)24-22-23-10-9-21(25-22)19-7-3-5-17(13-19)15-26-11-1/h1-10,13-14H,11-12,15-16H2,(H,23,24,25)/b2-1-. The zero-order valence-corrected chi connectivity index (χ0v) is 15.0. The second kappa shape index (κ2) is 8.58. The molecule has 5 heteroatoms. The molecule has 0 atom stereocenters. The second-order valence-electron chi connectivity index (χ2n) is 6.29. The molecule has 136 valence electrons. The first-order chi connectivity index (χ1) is 13.4. The van der Waals surface area contributed by atoms with E-state index in [1.54, 1.807) is 6.20 Å². The van der Waals surface area contributed by atoms with Gasteiger partial charge in [0.15, 0.2) is 0 Å². The number of anilines is 2. The zero-order valence-electron chi connectivity index (χ0n) is 15.0. The smallest absolute Gasteiger partial charge is 0.227 e. The molecular formula is C22H21N3O2. The number of nitrogens with one attached hydrogen (secondary N) is 1. The van der Waals surface area contributed by atoms with Crippen LogP contribution in [0.25, 0.3) is 11.3 Å². The summed E-state index contributed by atoms with van der Waals surface area (Å²) in [4.78, 5) is 9.00. The van der Waals surface area contributed by atoms with E-state index in [2.05, 4.69) is 27.4 Å². The van der Waals surface area contributed by atoms with Crippen LogP contribution in [-0.4, -0.2) is 23.2 Å². The van der Waals surface area contributed by atoms with Crippen molar-refractivity contribution in [3.05, 3.63) is 84.1 Å². The molecule has 5 nitrogen and oxygen atoms in total. The van der Waals surface area contributed by atoms with Crippen LogP contribution in [0.5, 0.6) is 0 Å². The predicted octanol–water partition coefficient (Wildman–Crippen LogP) is 4.49. The van der Waals surface area contributed by atoms with Gasteiger partial charge in [-0.1, -0.05) is 42.5 Å². The fraction of sp³-hybridized carbons (Fsp3) is 0.182. The SMILES string of the molecule is C1=C\COCc2cccc(c2)-c2ccnc(n2)Nc2cccc(c2)COC/1. The van der Waals surface area contributed by atoms with Gasteiger partial charge in [-0.15, -0.1) is 0 Å². The van der Waals surface area contributed by atoms with Crippen LogP contribution in [0.1, 0.15) is 11.1 Å². The molecule has 0 unspecified atom stereocenters. The van der Waals surface area contributed by atoms with Crippen LogP contribution in [0, 0.1) is 0 Å². The molecule has 1 aliphatic rings. The lowest BCUT2D eigenvalue weighted by Gasteiger charge is -2.10. The number of fused-ring (bicyclic) bond motifs is 7. The minimum Gasteiger partial charge on any atom is -0.373 e. The van der Waals surface area contributed by atoms with Gasteiger partial charge in [-0.2, -0.15) is 0 Å². The number of benzene rings is 2. The van der Waals surface area contributed by atoms with Crippen LogP contribution >= 0.6 is 0 Å². The number of rotatable bonds is 0. The summed E-state index contributed by atoms with van der Waals surface area (Å²) in [5.74, 6) is 0.566. The Hall–Kier alpha value is -3.02. The van der Waals surface area contributed by atoms with Crippen molar-refractivity contribution in [3.63, 3.8) is 0 Å². The van der Waals surface area contributed by atoms with Crippen molar-refractivity contribution in [1.82, 2.24) is 9.97 Å². The monoisotopic (exact) mass is 359 g/mol. The summed E-state index contributed by atoms with van der Waals surface area (Å²) in [6.45, 7) is 2.22. The Kier molecular flexibility index (Phi) is 5.53. The molecule has 0 saturated carbocycles. The highest BCUT2D eigenvalue weighted by atomic mass is 16.5. The maximum atomic E-state index is 5.72. The molecule has 6 bridgehead atoms. The van der Waals surface area contributed by atoms with Crippen LogP contribution < -0.4 is 5.32 Å². The first-order valence-corrected chi connectivity index (χ1v) is 8.96. The molecule has 0 spiro atoms. The Labute approximate surface area is 158 Å². The van der Waals surface area contributed by atoms with Crippen LogP contribution in [0.4, 0.5) is 11.6 Å². The Morgan fingerprint density at radius 2 is 1.56 bits per heavy atom. The van der Waals surface area contributed by atoms with Crippen LogP contribution in [0.3, 0.4) is 0 Å². The van der Waals surface area contributed by atoms with E-state index in [1.807, 2.05) is 54.6 Å². The predicted molar refractivity (Wildman–Crippen MR) is 106 cm³/mol. The van der Waals surface area contributed by atoms with Gasteiger partial charge in [0.1, 0.15) is 0 Å². The van der Waals surface area contributed by atoms with E-state index in [0.717, 1.165) is 28.1 Å². The van der Waals surface area contributed by atoms with E-state index < -0.39 is 0 Å². The molecule has 3 aromatic rings. The summed E-state index contributed by atoms with van der Waals surface area (Å²) in [6, 6.07) is 18.2. The molecule has 1 aromatic heterocycles. The van der Waals surface area contributed by atoms with E-state index in [1.165, 1.54) is 0 Å². The summed E-state index contributed by atoms with van der Waals surface area (Å²) in [5, 5.41) is 3.28. The van der Waals surface area contributed by atoms with Crippen molar-refractivity contribution in [2.75, 3.05) is 18.5 Å². The number of hydrogen-bond donors (Lipinski definition) is 1. The highest BCUT2D eigenvalue weighted by Crippen LogP contribution is 2.21. The fourth-order valence-electron chi connectivity index (χ4n) is 2.89. The molecule has 0 saturated heterocycles. The van der Waals surface area contributed by atoms with Crippen molar-refractivity contribution in [2.45, 2.75) is 13.2 Å². The average molecular weight is 359 g/mol. The normalized spacial score (nSPS) is 15.9. The first kappa shape index (κ1) is 17.4. The van der Waals surface area contributed by atoms with Gasteiger partial charge in [0.05, 0.1) is 32.1 Å². The summed E-state index contributed by atoms with van der Waals surface area (Å²) in [5.41, 5.74) is 5.05. The summed E-state index contributed by atoms with van der Waals surface area (Å²) < 4.78 is 11.4. The highest BCUT2D eigenvalue weighted by molar-refractivity contribution is 5.62. The molecule has 1 aliphatic heterocycles. The molecule has 27 heavy (non-hydrogen) atoms. The van der Waals surface area contributed by atoms with Crippen molar-refractivity contribution in [2.24, 2.45) is 0 Å². The number of hydrogen-bond acceptors (Lipinski definition) is 5. The minimum absolute atomic E-state index is 0.548. The number of aromatic nitrogens is 2. The lowest BCUT2D eigenvalue weighted by molar-refractivity contribution is 0.140. The largest absolute Gasteiger partial charge is 0.373 e. The van der Waals surface area contributed by atoms with E-state index in [0.29, 0.717) is 32.4 Å².